The lowest BCUT2D eigenvalue weighted by Crippen LogP contribution is -2.13. The van der Waals surface area contributed by atoms with E-state index < -0.39 is 5.91 Å². The van der Waals surface area contributed by atoms with Gasteiger partial charge < -0.3 is 10.8 Å². The maximum Gasteiger partial charge on any atom is 0.221 e. The Morgan fingerprint density at radius 1 is 1.58 bits per heavy atom. The highest BCUT2D eigenvalue weighted by molar-refractivity contribution is 5.77. The van der Waals surface area contributed by atoms with Crippen LogP contribution < -0.4 is 5.73 Å². The number of phenols is 1. The molecule has 1 amide bonds. The fourth-order valence-corrected chi connectivity index (χ4v) is 1.01. The minimum atomic E-state index is -0.436. The van der Waals surface area contributed by atoms with Crippen LogP contribution in [0, 0.1) is 6.92 Å². The molecule has 12 heavy (non-hydrogen) atoms. The predicted molar refractivity (Wildman–Crippen MR) is 45.7 cm³/mol. The molecule has 1 aromatic rings. The fraction of sp³-hybridized carbons (Fsp3) is 0.222. The first-order chi connectivity index (χ1) is 5.59. The number of carbonyl (C=O) groups excluding carboxylic acids is 1. The van der Waals surface area contributed by atoms with Crippen molar-refractivity contribution in [2.24, 2.45) is 5.73 Å². The summed E-state index contributed by atoms with van der Waals surface area (Å²) in [7, 11) is 0. The summed E-state index contributed by atoms with van der Waals surface area (Å²) in [6.07, 6.45) is 0.0894. The molecule has 3 nitrogen and oxygen atoms in total. The van der Waals surface area contributed by atoms with E-state index >= 15 is 0 Å². The molecule has 0 bridgehead atoms. The van der Waals surface area contributed by atoms with Crippen LogP contribution in [0.1, 0.15) is 11.1 Å². The Balaban J connectivity index is 2.93. The molecule has 0 spiro atoms. The van der Waals surface area contributed by atoms with Crippen LogP contribution in [-0.4, -0.2) is 11.0 Å². The topological polar surface area (TPSA) is 63.3 Å². The van der Waals surface area contributed by atoms with Gasteiger partial charge in [-0.2, -0.15) is 0 Å². The highest BCUT2D eigenvalue weighted by atomic mass is 16.3. The number of benzene rings is 1. The van der Waals surface area contributed by atoms with Gasteiger partial charge in [0.1, 0.15) is 5.75 Å². The van der Waals surface area contributed by atoms with Crippen molar-refractivity contribution in [1.82, 2.24) is 0 Å². The molecule has 1 rings (SSSR count). The van der Waals surface area contributed by atoms with Gasteiger partial charge in [-0.25, -0.2) is 0 Å². The van der Waals surface area contributed by atoms with Crippen molar-refractivity contribution in [1.29, 1.82) is 0 Å². The molecule has 0 aliphatic heterocycles. The highest BCUT2D eigenvalue weighted by Gasteiger charge is 2.03. The van der Waals surface area contributed by atoms with Crippen LogP contribution in [0.15, 0.2) is 18.2 Å². The summed E-state index contributed by atoms with van der Waals surface area (Å²) < 4.78 is 0. The maximum atomic E-state index is 10.5. The van der Waals surface area contributed by atoms with Crippen molar-refractivity contribution in [2.75, 3.05) is 0 Å². The molecule has 0 radical (unpaired) electrons. The number of primary amides is 1. The van der Waals surface area contributed by atoms with Crippen molar-refractivity contribution in [2.45, 2.75) is 13.3 Å². The van der Waals surface area contributed by atoms with Gasteiger partial charge in [-0.3, -0.25) is 4.79 Å². The Hall–Kier alpha value is -1.51. The summed E-state index contributed by atoms with van der Waals surface area (Å²) >= 11 is 0. The van der Waals surface area contributed by atoms with E-state index in [1.165, 1.54) is 0 Å². The van der Waals surface area contributed by atoms with E-state index in [-0.39, 0.29) is 12.2 Å². The maximum absolute atomic E-state index is 10.5. The van der Waals surface area contributed by atoms with E-state index in [0.29, 0.717) is 5.56 Å². The van der Waals surface area contributed by atoms with Crippen LogP contribution in [0.25, 0.3) is 0 Å². The van der Waals surface area contributed by atoms with E-state index in [2.05, 4.69) is 0 Å². The second-order valence-electron chi connectivity index (χ2n) is 2.78. The molecule has 0 fully saturated rings. The van der Waals surface area contributed by atoms with Crippen LogP contribution in [0.5, 0.6) is 5.75 Å². The second-order valence-corrected chi connectivity index (χ2v) is 2.78. The minimum absolute atomic E-state index is 0.0894. The van der Waals surface area contributed by atoms with E-state index in [4.69, 9.17) is 5.73 Å². The summed E-state index contributed by atoms with van der Waals surface area (Å²) in [5, 5.41) is 9.33. The fourth-order valence-electron chi connectivity index (χ4n) is 1.01. The molecule has 0 heterocycles. The number of carbonyl (C=O) groups is 1. The SMILES string of the molecule is Cc1ccc(CC(N)=O)c(O)c1. The van der Waals surface area contributed by atoms with E-state index in [0.717, 1.165) is 5.56 Å². The number of aromatic hydroxyl groups is 1. The lowest BCUT2D eigenvalue weighted by molar-refractivity contribution is -0.117. The zero-order valence-electron chi connectivity index (χ0n) is 6.87. The molecule has 0 aliphatic rings. The van der Waals surface area contributed by atoms with Gasteiger partial charge in [-0.05, 0) is 18.6 Å². The summed E-state index contributed by atoms with van der Waals surface area (Å²) in [6, 6.07) is 5.14. The van der Waals surface area contributed by atoms with Crippen molar-refractivity contribution in [3.63, 3.8) is 0 Å². The van der Waals surface area contributed by atoms with Gasteiger partial charge in [0, 0.05) is 5.56 Å². The van der Waals surface area contributed by atoms with Crippen LogP contribution in [0.4, 0.5) is 0 Å². The molecule has 0 aliphatic carbocycles. The van der Waals surface area contributed by atoms with E-state index in [9.17, 15) is 9.90 Å². The Bertz CT molecular complexity index is 307. The molecule has 0 saturated heterocycles. The van der Waals surface area contributed by atoms with Crippen LogP contribution in [-0.2, 0) is 11.2 Å². The van der Waals surface area contributed by atoms with Gasteiger partial charge in [-0.15, -0.1) is 0 Å². The van der Waals surface area contributed by atoms with Crippen LogP contribution in [0.2, 0.25) is 0 Å². The lowest BCUT2D eigenvalue weighted by atomic mass is 10.1. The van der Waals surface area contributed by atoms with E-state index in [1.807, 2.05) is 13.0 Å². The first kappa shape index (κ1) is 8.59. The number of hydrogen-bond acceptors (Lipinski definition) is 2. The highest BCUT2D eigenvalue weighted by Crippen LogP contribution is 2.18. The van der Waals surface area contributed by atoms with Gasteiger partial charge in [0.25, 0.3) is 0 Å². The van der Waals surface area contributed by atoms with Crippen molar-refractivity contribution in [3.8, 4) is 5.75 Å². The van der Waals surface area contributed by atoms with Gasteiger partial charge >= 0.3 is 0 Å². The molecular formula is C9H11NO2. The molecule has 64 valence electrons. The van der Waals surface area contributed by atoms with E-state index in [1.54, 1.807) is 12.1 Å². The average molecular weight is 165 g/mol. The molecule has 3 N–H and O–H groups in total. The average Bonchev–Trinajstić information content (AvgIpc) is 1.94. The Morgan fingerprint density at radius 2 is 2.25 bits per heavy atom. The second kappa shape index (κ2) is 3.26. The molecule has 1 aromatic carbocycles. The summed E-state index contributed by atoms with van der Waals surface area (Å²) in [5.74, 6) is -0.303. The third-order valence-electron chi connectivity index (χ3n) is 1.61. The third-order valence-corrected chi connectivity index (χ3v) is 1.61. The third kappa shape index (κ3) is 1.99. The standard InChI is InChI=1S/C9H11NO2/c1-6-2-3-7(5-9(10)12)8(11)4-6/h2-4,11H,5H2,1H3,(H2,10,12). The van der Waals surface area contributed by atoms with Crippen molar-refractivity contribution < 1.29 is 9.90 Å². The van der Waals surface area contributed by atoms with Gasteiger partial charge in [0.2, 0.25) is 5.91 Å². The van der Waals surface area contributed by atoms with Crippen molar-refractivity contribution in [3.05, 3.63) is 29.3 Å². The zero-order valence-corrected chi connectivity index (χ0v) is 6.87. The van der Waals surface area contributed by atoms with Crippen molar-refractivity contribution >= 4 is 5.91 Å². The zero-order chi connectivity index (χ0) is 9.14. The lowest BCUT2D eigenvalue weighted by Gasteiger charge is -2.02. The number of phenolic OH excluding ortho intramolecular Hbond substituents is 1. The molecule has 0 aromatic heterocycles. The van der Waals surface area contributed by atoms with Crippen LogP contribution >= 0.6 is 0 Å². The normalized spacial score (nSPS) is 9.75. The monoisotopic (exact) mass is 165 g/mol. The quantitative estimate of drug-likeness (QED) is 0.678. The Morgan fingerprint density at radius 3 is 2.75 bits per heavy atom. The van der Waals surface area contributed by atoms with Crippen LogP contribution in [0.3, 0.4) is 0 Å². The molecule has 0 unspecified atom stereocenters. The largest absolute Gasteiger partial charge is 0.508 e. The summed E-state index contributed by atoms with van der Waals surface area (Å²) in [5.41, 5.74) is 6.52. The Labute approximate surface area is 70.8 Å². The van der Waals surface area contributed by atoms with Gasteiger partial charge in [-0.1, -0.05) is 12.1 Å². The van der Waals surface area contributed by atoms with Gasteiger partial charge in [0.05, 0.1) is 6.42 Å². The number of amides is 1. The minimum Gasteiger partial charge on any atom is -0.508 e. The summed E-state index contributed by atoms with van der Waals surface area (Å²) in [4.78, 5) is 10.5. The number of rotatable bonds is 2. The number of nitrogens with two attached hydrogens (primary N) is 1. The first-order valence-corrected chi connectivity index (χ1v) is 3.66. The molecule has 0 atom stereocenters. The van der Waals surface area contributed by atoms with Gasteiger partial charge in [0.15, 0.2) is 0 Å². The molecular weight excluding hydrogens is 154 g/mol. The summed E-state index contributed by atoms with van der Waals surface area (Å²) in [6.45, 7) is 1.87. The first-order valence-electron chi connectivity index (χ1n) is 3.66. The smallest absolute Gasteiger partial charge is 0.221 e. The number of aryl methyl sites for hydroxylation is 1. The predicted octanol–water partition coefficient (Wildman–Crippen LogP) is 0.728. The molecule has 0 saturated carbocycles. The molecule has 3 heteroatoms. The number of hydrogen-bond donors (Lipinski definition) is 2. The Kier molecular flexibility index (Phi) is 2.33.